The number of benzene rings is 3. The summed E-state index contributed by atoms with van der Waals surface area (Å²) in [6, 6.07) is 31.0. The lowest BCUT2D eigenvalue weighted by atomic mass is 10.0. The fourth-order valence-electron chi connectivity index (χ4n) is 3.83. The molecule has 0 aliphatic rings. The molecular formula is C29H22N2O. The normalized spacial score (nSPS) is 11.3. The molecule has 2 aromatic heterocycles. The van der Waals surface area contributed by atoms with Crippen LogP contribution < -0.4 is 0 Å². The van der Waals surface area contributed by atoms with Crippen molar-refractivity contribution in [2.75, 3.05) is 0 Å². The first-order valence-electron chi connectivity index (χ1n) is 10.6. The predicted octanol–water partition coefficient (Wildman–Crippen LogP) is 6.94. The zero-order valence-electron chi connectivity index (χ0n) is 17.8. The Kier molecular flexibility index (Phi) is 5.22. The first-order valence-corrected chi connectivity index (χ1v) is 10.6. The number of hydrogen-bond donors (Lipinski definition) is 0. The standard InChI is InChI=1S/C29H22N2O/c1-21(32)12-13-22-14-16-23(17-15-22)26-18-27(24-8-4-2-5-9-24)29-30-28(20-31(29)19-26)25-10-6-3-7-11-25/h2-20H,1H3. The highest BCUT2D eigenvalue weighted by atomic mass is 16.1. The van der Waals surface area contributed by atoms with Crippen molar-refractivity contribution < 1.29 is 4.79 Å². The van der Waals surface area contributed by atoms with Crippen molar-refractivity contribution in [3.8, 4) is 33.5 Å². The van der Waals surface area contributed by atoms with Gasteiger partial charge in [0.2, 0.25) is 0 Å². The van der Waals surface area contributed by atoms with Gasteiger partial charge in [0, 0.05) is 23.5 Å². The van der Waals surface area contributed by atoms with E-state index in [1.165, 1.54) is 0 Å². The van der Waals surface area contributed by atoms with Gasteiger partial charge in [0.05, 0.1) is 5.69 Å². The van der Waals surface area contributed by atoms with E-state index in [1.807, 2.05) is 42.5 Å². The molecule has 0 amide bonds. The van der Waals surface area contributed by atoms with Crippen LogP contribution in [0.3, 0.4) is 0 Å². The lowest BCUT2D eigenvalue weighted by Crippen LogP contribution is -1.91. The SMILES string of the molecule is CC(=O)C=Cc1ccc(-c2cc(-c3ccccc3)c3nc(-c4ccccc4)cn3c2)cc1. The van der Waals surface area contributed by atoms with E-state index in [9.17, 15) is 4.79 Å². The molecule has 0 spiro atoms. The second-order valence-electron chi connectivity index (χ2n) is 7.80. The van der Waals surface area contributed by atoms with Gasteiger partial charge < -0.3 is 4.40 Å². The zero-order valence-corrected chi connectivity index (χ0v) is 17.8. The molecule has 0 saturated heterocycles. The Morgan fingerprint density at radius 2 is 1.41 bits per heavy atom. The molecule has 0 aliphatic carbocycles. The van der Waals surface area contributed by atoms with Crippen molar-refractivity contribution in [1.29, 1.82) is 0 Å². The zero-order chi connectivity index (χ0) is 21.9. The largest absolute Gasteiger partial charge is 0.305 e. The third-order valence-corrected chi connectivity index (χ3v) is 5.46. The maximum atomic E-state index is 11.2. The Morgan fingerprint density at radius 3 is 2.06 bits per heavy atom. The molecule has 2 heterocycles. The minimum absolute atomic E-state index is 0.0429. The molecule has 3 heteroatoms. The third-order valence-electron chi connectivity index (χ3n) is 5.46. The van der Waals surface area contributed by atoms with Gasteiger partial charge in [-0.3, -0.25) is 4.79 Å². The number of aromatic nitrogens is 2. The molecule has 32 heavy (non-hydrogen) atoms. The summed E-state index contributed by atoms with van der Waals surface area (Å²) in [5.41, 5.74) is 8.41. The smallest absolute Gasteiger partial charge is 0.152 e. The third kappa shape index (κ3) is 4.01. The van der Waals surface area contributed by atoms with Crippen molar-refractivity contribution in [3.05, 3.63) is 115 Å². The van der Waals surface area contributed by atoms with Crippen LogP contribution >= 0.6 is 0 Å². The van der Waals surface area contributed by atoms with Gasteiger partial charge in [-0.15, -0.1) is 0 Å². The van der Waals surface area contributed by atoms with E-state index in [0.29, 0.717) is 0 Å². The van der Waals surface area contributed by atoms with Crippen molar-refractivity contribution in [2.24, 2.45) is 0 Å². The summed E-state index contributed by atoms with van der Waals surface area (Å²) in [6.07, 6.45) is 7.64. The molecule has 0 atom stereocenters. The molecule has 0 saturated carbocycles. The molecule has 0 radical (unpaired) electrons. The van der Waals surface area contributed by atoms with E-state index < -0.39 is 0 Å². The maximum absolute atomic E-state index is 11.2. The topological polar surface area (TPSA) is 34.4 Å². The number of rotatable bonds is 5. The van der Waals surface area contributed by atoms with E-state index >= 15 is 0 Å². The van der Waals surface area contributed by atoms with Gasteiger partial charge >= 0.3 is 0 Å². The van der Waals surface area contributed by atoms with Crippen molar-refractivity contribution >= 4 is 17.5 Å². The van der Waals surface area contributed by atoms with Crippen molar-refractivity contribution in [1.82, 2.24) is 9.38 Å². The van der Waals surface area contributed by atoms with Gasteiger partial charge in [0.25, 0.3) is 0 Å². The van der Waals surface area contributed by atoms with Crippen molar-refractivity contribution in [3.63, 3.8) is 0 Å². The molecule has 0 unspecified atom stereocenters. The molecule has 0 bridgehead atoms. The van der Waals surface area contributed by atoms with Crippen molar-refractivity contribution in [2.45, 2.75) is 6.92 Å². The highest BCUT2D eigenvalue weighted by Gasteiger charge is 2.12. The second-order valence-corrected chi connectivity index (χ2v) is 7.80. The first kappa shape index (κ1) is 19.7. The summed E-state index contributed by atoms with van der Waals surface area (Å²) >= 11 is 0. The first-order chi connectivity index (χ1) is 15.7. The average molecular weight is 415 g/mol. The van der Waals surface area contributed by atoms with Gasteiger partial charge in [-0.05, 0) is 41.3 Å². The van der Waals surface area contributed by atoms with Crippen LogP contribution in [0.15, 0.2) is 109 Å². The molecule has 5 aromatic rings. The van der Waals surface area contributed by atoms with Gasteiger partial charge in [0.15, 0.2) is 5.78 Å². The van der Waals surface area contributed by atoms with Crippen LogP contribution in [0, 0.1) is 0 Å². The van der Waals surface area contributed by atoms with E-state index in [-0.39, 0.29) is 5.78 Å². The van der Waals surface area contributed by atoms with Gasteiger partial charge in [-0.25, -0.2) is 4.98 Å². The van der Waals surface area contributed by atoms with E-state index in [1.54, 1.807) is 13.0 Å². The summed E-state index contributed by atoms with van der Waals surface area (Å²) in [5.74, 6) is 0.0429. The highest BCUT2D eigenvalue weighted by molar-refractivity contribution is 5.91. The summed E-state index contributed by atoms with van der Waals surface area (Å²) in [6.45, 7) is 1.56. The Labute approximate surface area is 187 Å². The van der Waals surface area contributed by atoms with Crippen LogP contribution in [-0.2, 0) is 4.79 Å². The molecule has 3 aromatic carbocycles. The molecule has 0 fully saturated rings. The summed E-state index contributed by atoms with van der Waals surface area (Å²) in [7, 11) is 0. The van der Waals surface area contributed by atoms with E-state index in [0.717, 1.165) is 44.7 Å². The van der Waals surface area contributed by atoms with Crippen LogP contribution in [0.25, 0.3) is 45.2 Å². The summed E-state index contributed by atoms with van der Waals surface area (Å²) < 4.78 is 2.11. The van der Waals surface area contributed by atoms with Crippen LogP contribution in [-0.4, -0.2) is 15.2 Å². The maximum Gasteiger partial charge on any atom is 0.152 e. The fraction of sp³-hybridized carbons (Fsp3) is 0.0345. The summed E-state index contributed by atoms with van der Waals surface area (Å²) in [4.78, 5) is 16.2. The quantitative estimate of drug-likeness (QED) is 0.292. The fourth-order valence-corrected chi connectivity index (χ4v) is 3.83. The monoisotopic (exact) mass is 414 g/mol. The number of hydrogen-bond acceptors (Lipinski definition) is 2. The Bertz CT molecular complexity index is 1410. The lowest BCUT2D eigenvalue weighted by Gasteiger charge is -2.09. The number of imidazole rings is 1. The second kappa shape index (κ2) is 8.48. The Morgan fingerprint density at radius 1 is 0.750 bits per heavy atom. The molecule has 154 valence electrons. The number of carbonyl (C=O) groups excluding carboxylic acids is 1. The number of ketones is 1. The van der Waals surface area contributed by atoms with Gasteiger partial charge in [-0.1, -0.05) is 91.0 Å². The van der Waals surface area contributed by atoms with Gasteiger partial charge in [-0.2, -0.15) is 0 Å². The number of allylic oxidation sites excluding steroid dienone is 1. The van der Waals surface area contributed by atoms with Crippen LogP contribution in [0.1, 0.15) is 12.5 Å². The minimum Gasteiger partial charge on any atom is -0.305 e. The van der Waals surface area contributed by atoms with E-state index in [2.05, 4.69) is 71.4 Å². The number of nitrogens with zero attached hydrogens (tertiary/aromatic N) is 2. The Balaban J connectivity index is 1.65. The minimum atomic E-state index is 0.0429. The van der Waals surface area contributed by atoms with Crippen LogP contribution in [0.2, 0.25) is 0 Å². The molecule has 0 aliphatic heterocycles. The number of pyridine rings is 1. The highest BCUT2D eigenvalue weighted by Crippen LogP contribution is 2.32. The molecule has 3 nitrogen and oxygen atoms in total. The Hall–Kier alpha value is -4.24. The summed E-state index contributed by atoms with van der Waals surface area (Å²) in [5, 5.41) is 0. The molecule has 5 rings (SSSR count). The van der Waals surface area contributed by atoms with E-state index in [4.69, 9.17) is 4.98 Å². The average Bonchev–Trinajstić information content (AvgIpc) is 3.28. The van der Waals surface area contributed by atoms with Gasteiger partial charge in [0.1, 0.15) is 5.65 Å². The molecule has 0 N–H and O–H groups in total. The molecular weight excluding hydrogens is 392 g/mol. The van der Waals surface area contributed by atoms with Crippen LogP contribution in [0.5, 0.6) is 0 Å². The predicted molar refractivity (Wildman–Crippen MR) is 131 cm³/mol. The lowest BCUT2D eigenvalue weighted by molar-refractivity contribution is -0.112. The van der Waals surface area contributed by atoms with Crippen LogP contribution in [0.4, 0.5) is 0 Å². The number of carbonyl (C=O) groups is 1. The number of fused-ring (bicyclic) bond motifs is 1.